The number of nitrogens with zero attached hydrogens (tertiary/aromatic N) is 1. The van der Waals surface area contributed by atoms with E-state index in [9.17, 15) is 0 Å². The number of nitrogens with two attached hydrogens (primary N) is 1. The van der Waals surface area contributed by atoms with Crippen LogP contribution in [0.5, 0.6) is 0 Å². The summed E-state index contributed by atoms with van der Waals surface area (Å²) >= 11 is 0. The molecule has 0 aromatic heterocycles. The van der Waals surface area contributed by atoms with Gasteiger partial charge in [-0.15, -0.1) is 0 Å². The Balaban J connectivity index is 1.72. The highest BCUT2D eigenvalue weighted by atomic mass is 16.5. The van der Waals surface area contributed by atoms with Gasteiger partial charge in [0.15, 0.2) is 5.96 Å². The van der Waals surface area contributed by atoms with Crippen molar-refractivity contribution in [3.05, 3.63) is 0 Å². The largest absolute Gasteiger partial charge is 0.370 e. The van der Waals surface area contributed by atoms with Crippen LogP contribution in [0.15, 0.2) is 4.99 Å². The summed E-state index contributed by atoms with van der Waals surface area (Å²) in [5.41, 5.74) is 5.77. The molecule has 86 valence electrons. The fraction of sp³-hybridized carbons (Fsp3) is 0.909. The normalized spacial score (nSPS) is 30.5. The smallest absolute Gasteiger partial charge is 0.188 e. The van der Waals surface area contributed by atoms with Crippen LogP contribution >= 0.6 is 0 Å². The van der Waals surface area contributed by atoms with Gasteiger partial charge in [0.25, 0.3) is 0 Å². The summed E-state index contributed by atoms with van der Waals surface area (Å²) in [6.07, 6.45) is 4.91. The number of ether oxygens (including phenoxy) is 1. The summed E-state index contributed by atoms with van der Waals surface area (Å²) in [6, 6.07) is 0.578. The van der Waals surface area contributed by atoms with E-state index in [0.29, 0.717) is 18.5 Å². The fourth-order valence-electron chi connectivity index (χ4n) is 1.89. The lowest BCUT2D eigenvalue weighted by molar-refractivity contribution is -0.0106. The number of hydrogen-bond donors (Lipinski definition) is 2. The molecule has 0 bridgehead atoms. The molecule has 0 aromatic carbocycles. The Hall–Kier alpha value is -0.770. The van der Waals surface area contributed by atoms with E-state index < -0.39 is 0 Å². The molecule has 1 aliphatic heterocycles. The monoisotopic (exact) mass is 211 g/mol. The van der Waals surface area contributed by atoms with E-state index in [4.69, 9.17) is 10.5 Å². The second-order valence-electron chi connectivity index (χ2n) is 5.18. The molecule has 4 nitrogen and oxygen atoms in total. The third-order valence-electron chi connectivity index (χ3n) is 2.95. The van der Waals surface area contributed by atoms with E-state index in [0.717, 1.165) is 12.8 Å². The molecule has 15 heavy (non-hydrogen) atoms. The average molecular weight is 211 g/mol. The highest BCUT2D eigenvalue weighted by Crippen LogP contribution is 2.29. The summed E-state index contributed by atoms with van der Waals surface area (Å²) in [5, 5.41) is 3.17. The highest BCUT2D eigenvalue weighted by molar-refractivity contribution is 5.78. The van der Waals surface area contributed by atoms with E-state index >= 15 is 0 Å². The summed E-state index contributed by atoms with van der Waals surface area (Å²) in [7, 11) is 0. The molecule has 1 atom stereocenters. The van der Waals surface area contributed by atoms with Crippen molar-refractivity contribution < 1.29 is 4.74 Å². The topological polar surface area (TPSA) is 59.6 Å². The van der Waals surface area contributed by atoms with Gasteiger partial charge in [0.2, 0.25) is 0 Å². The van der Waals surface area contributed by atoms with Crippen LogP contribution in [0.1, 0.15) is 39.5 Å². The molecule has 2 rings (SSSR count). The average Bonchev–Trinajstić information content (AvgIpc) is 2.87. The van der Waals surface area contributed by atoms with Gasteiger partial charge < -0.3 is 15.8 Å². The zero-order valence-electron chi connectivity index (χ0n) is 9.62. The molecule has 0 spiro atoms. The van der Waals surface area contributed by atoms with Crippen molar-refractivity contribution in [1.29, 1.82) is 0 Å². The first-order valence-corrected chi connectivity index (χ1v) is 5.79. The van der Waals surface area contributed by atoms with Gasteiger partial charge in [-0.25, -0.2) is 0 Å². The molecule has 0 amide bonds. The molecular weight excluding hydrogens is 190 g/mol. The first kappa shape index (κ1) is 10.7. The zero-order valence-corrected chi connectivity index (χ0v) is 9.62. The van der Waals surface area contributed by atoms with Crippen molar-refractivity contribution in [3.63, 3.8) is 0 Å². The maximum absolute atomic E-state index is 5.83. The lowest BCUT2D eigenvalue weighted by Gasteiger charge is -2.18. The van der Waals surface area contributed by atoms with E-state index in [2.05, 4.69) is 24.2 Å². The van der Waals surface area contributed by atoms with Crippen LogP contribution in [-0.2, 0) is 4.74 Å². The van der Waals surface area contributed by atoms with Crippen LogP contribution in [0.25, 0.3) is 0 Å². The maximum Gasteiger partial charge on any atom is 0.188 e. The number of rotatable bonds is 3. The molecule has 4 heteroatoms. The minimum Gasteiger partial charge on any atom is -0.370 e. The molecule has 3 N–H and O–H groups in total. The SMILES string of the molecule is CC1(C)CCC(CN=C(N)NC2CC2)O1. The molecule has 2 aliphatic rings. The molecule has 1 saturated carbocycles. The zero-order chi connectivity index (χ0) is 10.9. The van der Waals surface area contributed by atoms with Crippen LogP contribution in [0.4, 0.5) is 0 Å². The summed E-state index contributed by atoms with van der Waals surface area (Å²) in [5.74, 6) is 0.575. The van der Waals surface area contributed by atoms with Crippen LogP contribution < -0.4 is 11.1 Å². The van der Waals surface area contributed by atoms with Gasteiger partial charge in [-0.3, -0.25) is 4.99 Å². The van der Waals surface area contributed by atoms with Gasteiger partial charge in [-0.05, 0) is 39.5 Å². The Kier molecular flexibility index (Phi) is 2.87. The Morgan fingerprint density at radius 2 is 2.20 bits per heavy atom. The molecule has 1 unspecified atom stereocenters. The maximum atomic E-state index is 5.83. The van der Waals surface area contributed by atoms with Crippen molar-refractivity contribution >= 4 is 5.96 Å². The van der Waals surface area contributed by atoms with Crippen LogP contribution in [0.2, 0.25) is 0 Å². The second-order valence-corrected chi connectivity index (χ2v) is 5.18. The molecule has 0 radical (unpaired) electrons. The first-order chi connectivity index (χ1) is 7.05. The van der Waals surface area contributed by atoms with Crippen LogP contribution in [0.3, 0.4) is 0 Å². The third-order valence-corrected chi connectivity index (χ3v) is 2.95. The molecule has 1 aliphatic carbocycles. The van der Waals surface area contributed by atoms with E-state index in [1.165, 1.54) is 12.8 Å². The molecule has 2 fully saturated rings. The quantitative estimate of drug-likeness (QED) is 0.541. The first-order valence-electron chi connectivity index (χ1n) is 5.79. The summed E-state index contributed by atoms with van der Waals surface area (Å²) in [6.45, 7) is 4.94. The van der Waals surface area contributed by atoms with Crippen LogP contribution in [-0.4, -0.2) is 30.3 Å². The molecule has 0 aromatic rings. The van der Waals surface area contributed by atoms with Crippen molar-refractivity contribution in [2.24, 2.45) is 10.7 Å². The number of guanidine groups is 1. The van der Waals surface area contributed by atoms with Gasteiger partial charge >= 0.3 is 0 Å². The van der Waals surface area contributed by atoms with E-state index in [-0.39, 0.29) is 11.7 Å². The Bertz CT molecular complexity index is 259. The van der Waals surface area contributed by atoms with Gasteiger partial charge in [-0.1, -0.05) is 0 Å². The van der Waals surface area contributed by atoms with E-state index in [1.807, 2.05) is 0 Å². The Morgan fingerprint density at radius 3 is 2.73 bits per heavy atom. The summed E-state index contributed by atoms with van der Waals surface area (Å²) < 4.78 is 5.83. The molecular formula is C11H21N3O. The predicted octanol–water partition coefficient (Wildman–Crippen LogP) is 1.01. The fourth-order valence-corrected chi connectivity index (χ4v) is 1.89. The standard InChI is InChI=1S/C11H21N3O/c1-11(2)6-5-9(15-11)7-13-10(12)14-8-3-4-8/h8-9H,3-7H2,1-2H3,(H3,12,13,14). The van der Waals surface area contributed by atoms with Crippen LogP contribution in [0, 0.1) is 0 Å². The molecule has 1 saturated heterocycles. The van der Waals surface area contributed by atoms with Gasteiger partial charge in [0.1, 0.15) is 0 Å². The highest BCUT2D eigenvalue weighted by Gasteiger charge is 2.31. The van der Waals surface area contributed by atoms with Crippen molar-refractivity contribution in [2.45, 2.75) is 57.3 Å². The third kappa shape index (κ3) is 3.38. The van der Waals surface area contributed by atoms with Crippen molar-refractivity contribution in [3.8, 4) is 0 Å². The second kappa shape index (κ2) is 4.00. The van der Waals surface area contributed by atoms with Gasteiger partial charge in [-0.2, -0.15) is 0 Å². The number of hydrogen-bond acceptors (Lipinski definition) is 2. The Labute approximate surface area is 91.3 Å². The lowest BCUT2D eigenvalue weighted by Crippen LogP contribution is -2.34. The van der Waals surface area contributed by atoms with Crippen molar-refractivity contribution in [2.75, 3.05) is 6.54 Å². The van der Waals surface area contributed by atoms with E-state index in [1.54, 1.807) is 0 Å². The lowest BCUT2D eigenvalue weighted by atomic mass is 10.1. The van der Waals surface area contributed by atoms with Gasteiger partial charge in [0, 0.05) is 6.04 Å². The minimum absolute atomic E-state index is 0.0267. The summed E-state index contributed by atoms with van der Waals surface area (Å²) in [4.78, 5) is 4.31. The molecule has 1 heterocycles. The van der Waals surface area contributed by atoms with Crippen molar-refractivity contribution in [1.82, 2.24) is 5.32 Å². The Morgan fingerprint density at radius 1 is 1.47 bits per heavy atom. The minimum atomic E-state index is 0.0267. The number of nitrogens with one attached hydrogen (secondary N) is 1. The van der Waals surface area contributed by atoms with Gasteiger partial charge in [0.05, 0.1) is 18.2 Å². The number of aliphatic imine (C=N–C) groups is 1. The predicted molar refractivity (Wildman–Crippen MR) is 60.8 cm³/mol.